The SMILES string of the molecule is COc1ccc(C(=O)NCC(=O)NC(c2ccccc2)c2ccccc2)cc1. The molecule has 0 radical (unpaired) electrons. The summed E-state index contributed by atoms with van der Waals surface area (Å²) in [6.45, 7) is -0.110. The molecule has 0 fully saturated rings. The van der Waals surface area contributed by atoms with Gasteiger partial charge in [-0.1, -0.05) is 60.7 Å². The third kappa shape index (κ3) is 4.98. The standard InChI is InChI=1S/C23H22N2O3/c1-28-20-14-12-19(13-15-20)23(27)24-16-21(26)25-22(17-8-4-2-5-9-17)18-10-6-3-7-11-18/h2-15,22H,16H2,1H3,(H,24,27)(H,25,26). The molecule has 0 heterocycles. The van der Waals surface area contributed by atoms with Crippen molar-refractivity contribution in [3.05, 3.63) is 102 Å². The number of benzene rings is 3. The number of rotatable bonds is 7. The Morgan fingerprint density at radius 1 is 0.821 bits per heavy atom. The van der Waals surface area contributed by atoms with Gasteiger partial charge in [-0.25, -0.2) is 0 Å². The third-order valence-corrected chi connectivity index (χ3v) is 4.33. The van der Waals surface area contributed by atoms with Gasteiger partial charge in [-0.3, -0.25) is 9.59 Å². The van der Waals surface area contributed by atoms with Crippen LogP contribution in [0.15, 0.2) is 84.9 Å². The van der Waals surface area contributed by atoms with Crippen molar-refractivity contribution >= 4 is 11.8 Å². The molecular formula is C23H22N2O3. The lowest BCUT2D eigenvalue weighted by Crippen LogP contribution is -2.39. The number of hydrogen-bond acceptors (Lipinski definition) is 3. The first-order valence-corrected chi connectivity index (χ1v) is 8.99. The molecular weight excluding hydrogens is 352 g/mol. The average Bonchev–Trinajstić information content (AvgIpc) is 2.77. The van der Waals surface area contributed by atoms with Gasteiger partial charge in [-0.05, 0) is 35.4 Å². The molecule has 0 bridgehead atoms. The van der Waals surface area contributed by atoms with Gasteiger partial charge in [0.15, 0.2) is 0 Å². The van der Waals surface area contributed by atoms with Crippen LogP contribution in [0, 0.1) is 0 Å². The summed E-state index contributed by atoms with van der Waals surface area (Å²) in [6.07, 6.45) is 0. The Hall–Kier alpha value is -3.60. The molecule has 0 saturated carbocycles. The smallest absolute Gasteiger partial charge is 0.251 e. The second kappa shape index (κ2) is 9.37. The number of hydrogen-bond donors (Lipinski definition) is 2. The van der Waals surface area contributed by atoms with Gasteiger partial charge in [0, 0.05) is 5.56 Å². The molecule has 5 nitrogen and oxygen atoms in total. The van der Waals surface area contributed by atoms with Crippen molar-refractivity contribution in [2.24, 2.45) is 0 Å². The van der Waals surface area contributed by atoms with Crippen LogP contribution in [0.2, 0.25) is 0 Å². The van der Waals surface area contributed by atoms with Crippen molar-refractivity contribution in [2.45, 2.75) is 6.04 Å². The van der Waals surface area contributed by atoms with Crippen LogP contribution in [0.3, 0.4) is 0 Å². The van der Waals surface area contributed by atoms with Crippen LogP contribution < -0.4 is 15.4 Å². The summed E-state index contributed by atoms with van der Waals surface area (Å²) in [5, 5.41) is 5.65. The van der Waals surface area contributed by atoms with Gasteiger partial charge >= 0.3 is 0 Å². The van der Waals surface area contributed by atoms with E-state index in [0.29, 0.717) is 11.3 Å². The zero-order chi connectivity index (χ0) is 19.8. The van der Waals surface area contributed by atoms with E-state index < -0.39 is 0 Å². The summed E-state index contributed by atoms with van der Waals surface area (Å²) >= 11 is 0. The minimum atomic E-state index is -0.311. The molecule has 3 rings (SSSR count). The Morgan fingerprint density at radius 3 is 1.86 bits per heavy atom. The molecule has 2 N–H and O–H groups in total. The van der Waals surface area contributed by atoms with Crippen molar-refractivity contribution in [3.63, 3.8) is 0 Å². The molecule has 142 valence electrons. The van der Waals surface area contributed by atoms with Crippen molar-refractivity contribution in [3.8, 4) is 5.75 Å². The quantitative estimate of drug-likeness (QED) is 0.667. The zero-order valence-electron chi connectivity index (χ0n) is 15.6. The highest BCUT2D eigenvalue weighted by atomic mass is 16.5. The maximum Gasteiger partial charge on any atom is 0.251 e. The molecule has 3 aromatic rings. The van der Waals surface area contributed by atoms with Crippen LogP contribution in [0.1, 0.15) is 27.5 Å². The topological polar surface area (TPSA) is 67.4 Å². The third-order valence-electron chi connectivity index (χ3n) is 4.33. The Morgan fingerprint density at radius 2 is 1.36 bits per heavy atom. The molecule has 0 aliphatic heterocycles. The molecule has 3 aromatic carbocycles. The fraction of sp³-hybridized carbons (Fsp3) is 0.130. The van der Waals surface area contributed by atoms with Crippen LogP contribution in [-0.4, -0.2) is 25.5 Å². The molecule has 0 atom stereocenters. The van der Waals surface area contributed by atoms with Gasteiger partial charge in [0.25, 0.3) is 5.91 Å². The maximum atomic E-state index is 12.5. The Labute approximate surface area is 164 Å². The van der Waals surface area contributed by atoms with E-state index in [-0.39, 0.29) is 24.4 Å². The highest BCUT2D eigenvalue weighted by Gasteiger charge is 2.17. The number of methoxy groups -OCH3 is 1. The van der Waals surface area contributed by atoms with Gasteiger partial charge < -0.3 is 15.4 Å². The monoisotopic (exact) mass is 374 g/mol. The molecule has 28 heavy (non-hydrogen) atoms. The number of carbonyl (C=O) groups is 2. The normalized spacial score (nSPS) is 10.4. The van der Waals surface area contributed by atoms with E-state index >= 15 is 0 Å². The molecule has 0 unspecified atom stereocenters. The fourth-order valence-corrected chi connectivity index (χ4v) is 2.87. The summed E-state index contributed by atoms with van der Waals surface area (Å²) in [7, 11) is 1.56. The second-order valence-corrected chi connectivity index (χ2v) is 6.23. The molecule has 5 heteroatoms. The van der Waals surface area contributed by atoms with Crippen molar-refractivity contribution < 1.29 is 14.3 Å². The van der Waals surface area contributed by atoms with E-state index in [1.54, 1.807) is 31.4 Å². The second-order valence-electron chi connectivity index (χ2n) is 6.23. The van der Waals surface area contributed by atoms with Crippen LogP contribution >= 0.6 is 0 Å². The van der Waals surface area contributed by atoms with Gasteiger partial charge in [-0.15, -0.1) is 0 Å². The first kappa shape index (κ1) is 19.2. The van der Waals surface area contributed by atoms with Crippen molar-refractivity contribution in [1.82, 2.24) is 10.6 Å². The van der Waals surface area contributed by atoms with E-state index in [2.05, 4.69) is 10.6 Å². The Balaban J connectivity index is 1.64. The number of carbonyl (C=O) groups excluding carboxylic acids is 2. The summed E-state index contributed by atoms with van der Waals surface area (Å²) in [6, 6.07) is 25.9. The number of amides is 2. The molecule has 2 amide bonds. The minimum absolute atomic E-state index is 0.110. The van der Waals surface area contributed by atoms with Gasteiger partial charge in [-0.2, -0.15) is 0 Å². The van der Waals surface area contributed by atoms with E-state index in [9.17, 15) is 9.59 Å². The summed E-state index contributed by atoms with van der Waals surface area (Å²) in [5.41, 5.74) is 2.42. The Bertz CT molecular complexity index is 870. The van der Waals surface area contributed by atoms with Gasteiger partial charge in [0.1, 0.15) is 5.75 Å². The zero-order valence-corrected chi connectivity index (χ0v) is 15.6. The predicted octanol–water partition coefficient (Wildman–Crippen LogP) is 3.33. The van der Waals surface area contributed by atoms with Gasteiger partial charge in [0.05, 0.1) is 19.7 Å². The lowest BCUT2D eigenvalue weighted by atomic mass is 9.99. The Kier molecular flexibility index (Phi) is 6.41. The highest BCUT2D eigenvalue weighted by molar-refractivity contribution is 5.96. The lowest BCUT2D eigenvalue weighted by Gasteiger charge is -2.20. The molecule has 0 spiro atoms. The van der Waals surface area contributed by atoms with E-state index in [4.69, 9.17) is 4.74 Å². The van der Waals surface area contributed by atoms with Crippen molar-refractivity contribution in [1.29, 1.82) is 0 Å². The van der Waals surface area contributed by atoms with Crippen LogP contribution in [0.25, 0.3) is 0 Å². The summed E-state index contributed by atoms with van der Waals surface area (Å²) in [4.78, 5) is 24.7. The van der Waals surface area contributed by atoms with E-state index in [1.807, 2.05) is 60.7 Å². The first-order chi connectivity index (χ1) is 13.7. The molecule has 0 aliphatic carbocycles. The predicted molar refractivity (Wildman–Crippen MR) is 108 cm³/mol. The van der Waals surface area contributed by atoms with Crippen LogP contribution in [0.5, 0.6) is 5.75 Å². The summed E-state index contributed by atoms with van der Waals surface area (Å²) < 4.78 is 5.08. The minimum Gasteiger partial charge on any atom is -0.497 e. The lowest BCUT2D eigenvalue weighted by molar-refractivity contribution is -0.120. The van der Waals surface area contributed by atoms with E-state index in [1.165, 1.54) is 0 Å². The van der Waals surface area contributed by atoms with Crippen LogP contribution in [-0.2, 0) is 4.79 Å². The van der Waals surface area contributed by atoms with Gasteiger partial charge in [0.2, 0.25) is 5.91 Å². The molecule has 0 aliphatic rings. The first-order valence-electron chi connectivity index (χ1n) is 8.99. The number of nitrogens with one attached hydrogen (secondary N) is 2. The number of ether oxygens (including phenoxy) is 1. The fourth-order valence-electron chi connectivity index (χ4n) is 2.87. The highest BCUT2D eigenvalue weighted by Crippen LogP contribution is 2.21. The largest absolute Gasteiger partial charge is 0.497 e. The maximum absolute atomic E-state index is 12.5. The summed E-state index contributed by atoms with van der Waals surface area (Å²) in [5.74, 6) is 0.0937. The molecule has 0 saturated heterocycles. The van der Waals surface area contributed by atoms with E-state index in [0.717, 1.165) is 11.1 Å². The average molecular weight is 374 g/mol. The molecule has 0 aromatic heterocycles. The van der Waals surface area contributed by atoms with Crippen LogP contribution in [0.4, 0.5) is 0 Å². The van der Waals surface area contributed by atoms with Crippen molar-refractivity contribution in [2.75, 3.05) is 13.7 Å².